The van der Waals surface area contributed by atoms with Crippen molar-refractivity contribution in [2.75, 3.05) is 5.75 Å². The van der Waals surface area contributed by atoms with Crippen LogP contribution < -0.4 is 0 Å². The second-order valence-corrected chi connectivity index (χ2v) is 4.48. The van der Waals surface area contributed by atoms with Gasteiger partial charge in [0.2, 0.25) is 0 Å². The molecule has 0 rings (SSSR count). The molecule has 0 amide bonds. The first-order valence-electron chi connectivity index (χ1n) is 4.37. The SMILES string of the molecule is CC#CC(CCCC)CS(=O)(=O)O. The van der Waals surface area contributed by atoms with Crippen LogP contribution in [0, 0.1) is 17.8 Å². The molecule has 0 aliphatic carbocycles. The first-order valence-corrected chi connectivity index (χ1v) is 5.98. The lowest BCUT2D eigenvalue weighted by atomic mass is 10.1. The van der Waals surface area contributed by atoms with Crippen LogP contribution in [0.1, 0.15) is 33.1 Å². The summed E-state index contributed by atoms with van der Waals surface area (Å²) in [5, 5.41) is 0. The van der Waals surface area contributed by atoms with Gasteiger partial charge in [0.1, 0.15) is 0 Å². The largest absolute Gasteiger partial charge is 0.286 e. The van der Waals surface area contributed by atoms with Crippen molar-refractivity contribution in [3.8, 4) is 11.8 Å². The fourth-order valence-electron chi connectivity index (χ4n) is 1.11. The molecule has 1 N–H and O–H groups in total. The summed E-state index contributed by atoms with van der Waals surface area (Å²) >= 11 is 0. The third kappa shape index (κ3) is 7.82. The first kappa shape index (κ1) is 12.5. The predicted octanol–water partition coefficient (Wildman–Crippen LogP) is 1.70. The maximum atomic E-state index is 10.6. The zero-order valence-corrected chi connectivity index (χ0v) is 8.89. The van der Waals surface area contributed by atoms with E-state index in [0.29, 0.717) is 0 Å². The van der Waals surface area contributed by atoms with Crippen LogP contribution in [0.15, 0.2) is 0 Å². The maximum absolute atomic E-state index is 10.6. The minimum atomic E-state index is -3.88. The van der Waals surface area contributed by atoms with E-state index in [4.69, 9.17) is 4.55 Å². The topological polar surface area (TPSA) is 54.4 Å². The fourth-order valence-corrected chi connectivity index (χ4v) is 1.86. The molecule has 0 aliphatic rings. The molecule has 0 aromatic rings. The molecule has 3 nitrogen and oxygen atoms in total. The standard InChI is InChI=1S/C9H16O3S/c1-3-5-7-9(6-4-2)8-13(10,11)12/h9H,3,5,7-8H2,1-2H3,(H,10,11,12). The third-order valence-corrected chi connectivity index (χ3v) is 2.49. The van der Waals surface area contributed by atoms with Crippen LogP contribution in [0.25, 0.3) is 0 Å². The van der Waals surface area contributed by atoms with Crippen molar-refractivity contribution in [3.05, 3.63) is 0 Å². The summed E-state index contributed by atoms with van der Waals surface area (Å²) in [6.45, 7) is 3.70. The summed E-state index contributed by atoms with van der Waals surface area (Å²) in [7, 11) is -3.88. The zero-order chi connectivity index (χ0) is 10.3. The fraction of sp³-hybridized carbons (Fsp3) is 0.778. The second kappa shape index (κ2) is 6.01. The molecule has 0 aliphatic heterocycles. The lowest BCUT2D eigenvalue weighted by Gasteiger charge is -2.06. The highest BCUT2D eigenvalue weighted by Gasteiger charge is 2.13. The van der Waals surface area contributed by atoms with Crippen molar-refractivity contribution >= 4 is 10.1 Å². The molecule has 76 valence electrons. The molecule has 0 radical (unpaired) electrons. The van der Waals surface area contributed by atoms with Crippen molar-refractivity contribution in [1.82, 2.24) is 0 Å². The van der Waals surface area contributed by atoms with E-state index in [0.717, 1.165) is 19.3 Å². The van der Waals surface area contributed by atoms with Gasteiger partial charge in [-0.15, -0.1) is 5.92 Å². The lowest BCUT2D eigenvalue weighted by molar-refractivity contribution is 0.470. The maximum Gasteiger partial charge on any atom is 0.266 e. The van der Waals surface area contributed by atoms with E-state index in [1.54, 1.807) is 6.92 Å². The minimum absolute atomic E-state index is 0.222. The van der Waals surface area contributed by atoms with Gasteiger partial charge < -0.3 is 0 Å². The molecular formula is C9H16O3S. The minimum Gasteiger partial charge on any atom is -0.286 e. The molecule has 1 atom stereocenters. The molecule has 0 heterocycles. The first-order chi connectivity index (χ1) is 5.99. The molecule has 13 heavy (non-hydrogen) atoms. The number of unbranched alkanes of at least 4 members (excludes halogenated alkanes) is 1. The highest BCUT2D eigenvalue weighted by Crippen LogP contribution is 2.09. The molecule has 0 aromatic heterocycles. The molecule has 1 unspecified atom stereocenters. The summed E-state index contributed by atoms with van der Waals surface area (Å²) in [6.07, 6.45) is 2.68. The summed E-state index contributed by atoms with van der Waals surface area (Å²) in [6, 6.07) is 0. The highest BCUT2D eigenvalue weighted by atomic mass is 32.2. The lowest BCUT2D eigenvalue weighted by Crippen LogP contribution is -2.13. The third-order valence-electron chi connectivity index (χ3n) is 1.67. The van der Waals surface area contributed by atoms with Crippen LogP contribution in [-0.4, -0.2) is 18.7 Å². The molecule has 0 fully saturated rings. The number of hydrogen-bond donors (Lipinski definition) is 1. The summed E-state index contributed by atoms with van der Waals surface area (Å²) in [5.74, 6) is 4.99. The van der Waals surface area contributed by atoms with Gasteiger partial charge in [0.25, 0.3) is 10.1 Å². The Bertz CT molecular complexity index is 282. The van der Waals surface area contributed by atoms with Crippen LogP contribution in [0.5, 0.6) is 0 Å². The Kier molecular flexibility index (Phi) is 5.76. The number of rotatable bonds is 5. The van der Waals surface area contributed by atoms with E-state index in [9.17, 15) is 8.42 Å². The molecule has 0 aromatic carbocycles. The molecule has 0 saturated carbocycles. The Morgan fingerprint density at radius 3 is 2.46 bits per heavy atom. The Morgan fingerprint density at radius 1 is 1.46 bits per heavy atom. The normalized spacial score (nSPS) is 13.2. The van der Waals surface area contributed by atoms with Gasteiger partial charge in [-0.05, 0) is 13.3 Å². The van der Waals surface area contributed by atoms with Gasteiger partial charge in [0.05, 0.1) is 5.75 Å². The van der Waals surface area contributed by atoms with Gasteiger partial charge >= 0.3 is 0 Å². The summed E-state index contributed by atoms with van der Waals surface area (Å²) in [4.78, 5) is 0. The number of hydrogen-bond acceptors (Lipinski definition) is 2. The van der Waals surface area contributed by atoms with Crippen LogP contribution in [0.2, 0.25) is 0 Å². The summed E-state index contributed by atoms with van der Waals surface area (Å²) in [5.41, 5.74) is 0. The average molecular weight is 204 g/mol. The van der Waals surface area contributed by atoms with E-state index in [1.807, 2.05) is 6.92 Å². The van der Waals surface area contributed by atoms with E-state index in [-0.39, 0.29) is 11.7 Å². The van der Waals surface area contributed by atoms with E-state index in [1.165, 1.54) is 0 Å². The van der Waals surface area contributed by atoms with Gasteiger partial charge in [-0.25, -0.2) is 0 Å². The molecule has 0 bridgehead atoms. The van der Waals surface area contributed by atoms with E-state index < -0.39 is 10.1 Å². The molecule has 0 saturated heterocycles. The van der Waals surface area contributed by atoms with Crippen molar-refractivity contribution in [2.45, 2.75) is 33.1 Å². The van der Waals surface area contributed by atoms with Crippen LogP contribution in [0.4, 0.5) is 0 Å². The van der Waals surface area contributed by atoms with Crippen molar-refractivity contribution in [1.29, 1.82) is 0 Å². The molecule has 4 heteroatoms. The molecule has 0 spiro atoms. The van der Waals surface area contributed by atoms with Crippen molar-refractivity contribution < 1.29 is 13.0 Å². The van der Waals surface area contributed by atoms with Crippen LogP contribution in [-0.2, 0) is 10.1 Å². The monoisotopic (exact) mass is 204 g/mol. The van der Waals surface area contributed by atoms with Crippen LogP contribution in [0.3, 0.4) is 0 Å². The van der Waals surface area contributed by atoms with Gasteiger partial charge in [-0.1, -0.05) is 25.7 Å². The van der Waals surface area contributed by atoms with Gasteiger partial charge in [-0.2, -0.15) is 8.42 Å². The van der Waals surface area contributed by atoms with E-state index in [2.05, 4.69) is 11.8 Å². The Morgan fingerprint density at radius 2 is 2.08 bits per heavy atom. The highest BCUT2D eigenvalue weighted by molar-refractivity contribution is 7.85. The average Bonchev–Trinajstić information content (AvgIpc) is 1.98. The quantitative estimate of drug-likeness (QED) is 0.548. The van der Waals surface area contributed by atoms with Crippen LogP contribution >= 0.6 is 0 Å². The van der Waals surface area contributed by atoms with E-state index >= 15 is 0 Å². The second-order valence-electron chi connectivity index (χ2n) is 2.98. The smallest absolute Gasteiger partial charge is 0.266 e. The predicted molar refractivity (Wildman–Crippen MR) is 52.9 cm³/mol. The van der Waals surface area contributed by atoms with Gasteiger partial charge in [-0.3, -0.25) is 4.55 Å². The van der Waals surface area contributed by atoms with Crippen molar-refractivity contribution in [3.63, 3.8) is 0 Å². The Labute approximate surface area is 80.3 Å². The van der Waals surface area contributed by atoms with Crippen molar-refractivity contribution in [2.24, 2.45) is 5.92 Å². The Hall–Kier alpha value is -0.530. The molecular weight excluding hydrogens is 188 g/mol. The van der Waals surface area contributed by atoms with Gasteiger partial charge in [0, 0.05) is 5.92 Å². The Balaban J connectivity index is 4.16. The summed E-state index contributed by atoms with van der Waals surface area (Å²) < 4.78 is 29.8. The van der Waals surface area contributed by atoms with Gasteiger partial charge in [0.15, 0.2) is 0 Å². The zero-order valence-electron chi connectivity index (χ0n) is 8.08.